The van der Waals surface area contributed by atoms with E-state index >= 15 is 0 Å². The van der Waals surface area contributed by atoms with Gasteiger partial charge in [0.2, 0.25) is 0 Å². The number of carbonyl (C=O) groups excluding carboxylic acids is 4. The van der Waals surface area contributed by atoms with Crippen molar-refractivity contribution in [2.45, 2.75) is 64.2 Å². The minimum atomic E-state index is -1.76. The molecule has 3 aliphatic carbocycles. The molecule has 0 radical (unpaired) electrons. The van der Waals surface area contributed by atoms with Crippen LogP contribution in [0.4, 0.5) is 0 Å². The first-order valence-electron chi connectivity index (χ1n) is 14.2. The van der Waals surface area contributed by atoms with E-state index in [1.807, 2.05) is 44.3 Å². The zero-order valence-electron chi connectivity index (χ0n) is 22.7. The predicted molar refractivity (Wildman–Crippen MR) is 142 cm³/mol. The van der Waals surface area contributed by atoms with Gasteiger partial charge in [-0.05, 0) is 54.2 Å². The molecule has 1 aromatic carbocycles. The molecule has 2 bridgehead atoms. The third-order valence-corrected chi connectivity index (χ3v) is 10.8. The summed E-state index contributed by atoms with van der Waals surface area (Å²) in [6.45, 7) is 8.19. The monoisotopic (exact) mass is 546 g/mol. The van der Waals surface area contributed by atoms with Gasteiger partial charge >= 0.3 is 17.9 Å². The van der Waals surface area contributed by atoms with Crippen molar-refractivity contribution in [3.05, 3.63) is 48.2 Å². The lowest BCUT2D eigenvalue weighted by atomic mass is 9.43. The number of ketones is 1. The van der Waals surface area contributed by atoms with Gasteiger partial charge in [0.05, 0.1) is 11.3 Å². The van der Waals surface area contributed by atoms with E-state index in [1.54, 1.807) is 0 Å². The molecule has 9 heteroatoms. The smallest absolute Gasteiger partial charge is 0.324 e. The van der Waals surface area contributed by atoms with Crippen molar-refractivity contribution in [3.63, 3.8) is 0 Å². The highest BCUT2D eigenvalue weighted by atomic mass is 16.6. The van der Waals surface area contributed by atoms with Gasteiger partial charge in [0, 0.05) is 29.4 Å². The van der Waals surface area contributed by atoms with E-state index in [2.05, 4.69) is 11.6 Å². The largest absolute Gasteiger partial charge is 0.465 e. The molecule has 5 fully saturated rings. The summed E-state index contributed by atoms with van der Waals surface area (Å²) in [4.78, 5) is 57.9. The van der Waals surface area contributed by atoms with E-state index in [4.69, 9.17) is 19.9 Å². The predicted octanol–water partition coefficient (Wildman–Crippen LogP) is 3.01. The number of hydrogen-bond acceptors (Lipinski definition) is 8. The van der Waals surface area contributed by atoms with E-state index in [0.717, 1.165) is 16.5 Å². The Hall–Kier alpha value is -3.46. The second-order valence-electron chi connectivity index (χ2n) is 13.1. The van der Waals surface area contributed by atoms with E-state index in [1.165, 1.54) is 0 Å². The second kappa shape index (κ2) is 8.28. The third kappa shape index (κ3) is 3.01. The SMILES string of the molecule is C=C1C(=O)[C@@]23C(=O)O[C@H]4CCC(C)(C)[C@H]5C(=O)OC[C@@]45[C@@H]2CC[C@@H]1[C@H]3OC(=O)[C@@H](N)Cc1c[nH]c2ccccc12. The topological polar surface area (TPSA) is 138 Å². The Morgan fingerprint density at radius 1 is 1.20 bits per heavy atom. The molecule has 210 valence electrons. The van der Waals surface area contributed by atoms with Gasteiger partial charge in [0.25, 0.3) is 0 Å². The fourth-order valence-electron chi connectivity index (χ4n) is 9.12. The Labute approximate surface area is 231 Å². The molecule has 40 heavy (non-hydrogen) atoms. The van der Waals surface area contributed by atoms with Crippen molar-refractivity contribution < 1.29 is 33.4 Å². The normalized spacial score (nSPS) is 38.2. The fourth-order valence-corrected chi connectivity index (χ4v) is 9.12. The Morgan fingerprint density at radius 2 is 1.98 bits per heavy atom. The molecule has 9 nitrogen and oxygen atoms in total. The maximum absolute atomic E-state index is 14.1. The molecule has 2 saturated heterocycles. The maximum Gasteiger partial charge on any atom is 0.324 e. The zero-order chi connectivity index (χ0) is 28.2. The number of rotatable bonds is 4. The summed E-state index contributed by atoms with van der Waals surface area (Å²) < 4.78 is 17.9. The summed E-state index contributed by atoms with van der Waals surface area (Å²) in [7, 11) is 0. The number of aromatic amines is 1. The van der Waals surface area contributed by atoms with Gasteiger partial charge in [-0.15, -0.1) is 0 Å². The number of benzene rings is 1. The van der Waals surface area contributed by atoms with Gasteiger partial charge in [0.1, 0.15) is 24.9 Å². The zero-order valence-corrected chi connectivity index (χ0v) is 22.7. The number of carbonyl (C=O) groups is 4. The number of Topliss-reactive ketones (excluding diaryl/α,β-unsaturated/α-hetero) is 1. The van der Waals surface area contributed by atoms with Gasteiger partial charge in [-0.1, -0.05) is 38.6 Å². The molecule has 0 amide bonds. The van der Waals surface area contributed by atoms with Crippen molar-refractivity contribution >= 4 is 34.6 Å². The minimum Gasteiger partial charge on any atom is -0.465 e. The number of H-pyrrole nitrogens is 1. The lowest BCUT2D eigenvalue weighted by molar-refractivity contribution is -0.247. The second-order valence-corrected chi connectivity index (χ2v) is 13.1. The molecule has 3 heterocycles. The first kappa shape index (κ1) is 25.5. The summed E-state index contributed by atoms with van der Waals surface area (Å²) >= 11 is 0. The van der Waals surface area contributed by atoms with Crippen LogP contribution in [-0.2, 0) is 39.8 Å². The van der Waals surface area contributed by atoms with Gasteiger partial charge in [0.15, 0.2) is 11.2 Å². The van der Waals surface area contributed by atoms with Crippen LogP contribution in [0.15, 0.2) is 42.6 Å². The molecule has 2 aliphatic heterocycles. The summed E-state index contributed by atoms with van der Waals surface area (Å²) in [5, 5.41) is 0.962. The van der Waals surface area contributed by atoms with E-state index in [9.17, 15) is 19.2 Å². The van der Waals surface area contributed by atoms with E-state index in [0.29, 0.717) is 25.7 Å². The molecule has 1 aromatic heterocycles. The summed E-state index contributed by atoms with van der Waals surface area (Å²) in [5.74, 6) is -3.75. The van der Waals surface area contributed by atoms with Crippen LogP contribution in [0, 0.1) is 34.0 Å². The van der Waals surface area contributed by atoms with Gasteiger partial charge < -0.3 is 24.9 Å². The first-order valence-corrected chi connectivity index (χ1v) is 14.2. The maximum atomic E-state index is 14.1. The van der Waals surface area contributed by atoms with Crippen molar-refractivity contribution in [1.29, 1.82) is 0 Å². The van der Waals surface area contributed by atoms with Crippen LogP contribution in [0.3, 0.4) is 0 Å². The standard InChI is InChI=1S/C31H34N2O7/c1-15-17-8-9-21-30-14-38-27(36)23(30)29(2,3)11-10-22(30)39-28(37)31(21,24(15)34)25(17)40-26(35)19(32)12-16-13-33-20-7-5-4-6-18(16)20/h4-7,13,17,19,21-23,25,33H,1,8-12,14,32H2,2-3H3/t17-,19-,21-,22-,23+,25+,30+,31-/m0/s1. The van der Waals surface area contributed by atoms with Crippen LogP contribution >= 0.6 is 0 Å². The highest BCUT2D eigenvalue weighted by Gasteiger charge is 2.81. The number of para-hydroxylation sites is 1. The molecule has 3 N–H and O–H groups in total. The molecule has 2 aromatic rings. The number of ether oxygens (including phenoxy) is 3. The highest BCUT2D eigenvalue weighted by Crippen LogP contribution is 2.71. The quantitative estimate of drug-likeness (QED) is 0.258. The summed E-state index contributed by atoms with van der Waals surface area (Å²) in [5.41, 5.74) is 5.41. The van der Waals surface area contributed by atoms with Crippen LogP contribution < -0.4 is 5.73 Å². The average Bonchev–Trinajstić information content (AvgIpc) is 3.53. The first-order chi connectivity index (χ1) is 19.0. The number of esters is 3. The van der Waals surface area contributed by atoms with Crippen molar-refractivity contribution in [2.24, 2.45) is 39.7 Å². The van der Waals surface area contributed by atoms with Crippen molar-refractivity contribution in [3.8, 4) is 0 Å². The number of aromatic nitrogens is 1. The Bertz CT molecular complexity index is 1490. The number of hydrogen-bond donors (Lipinski definition) is 2. The van der Waals surface area contributed by atoms with Gasteiger partial charge in [-0.25, -0.2) is 0 Å². The molecule has 7 rings (SSSR count). The van der Waals surface area contributed by atoms with Crippen LogP contribution in [0.2, 0.25) is 0 Å². The lowest BCUT2D eigenvalue weighted by Crippen LogP contribution is -2.71. The van der Waals surface area contributed by atoms with Crippen molar-refractivity contribution in [2.75, 3.05) is 6.61 Å². The molecular weight excluding hydrogens is 512 g/mol. The number of fused-ring (bicyclic) bond motifs is 2. The van der Waals surface area contributed by atoms with E-state index in [-0.39, 0.29) is 24.6 Å². The van der Waals surface area contributed by atoms with Crippen LogP contribution in [0.1, 0.15) is 45.1 Å². The Balaban J connectivity index is 1.25. The van der Waals surface area contributed by atoms with Crippen molar-refractivity contribution in [1.82, 2.24) is 4.98 Å². The van der Waals surface area contributed by atoms with Gasteiger partial charge in [-0.3, -0.25) is 19.2 Å². The summed E-state index contributed by atoms with van der Waals surface area (Å²) in [6, 6.07) is 6.72. The lowest BCUT2D eigenvalue weighted by Gasteiger charge is -2.61. The fraction of sp³-hybridized carbons (Fsp3) is 0.548. The molecule has 0 unspecified atom stereocenters. The molecule has 8 atom stereocenters. The Morgan fingerprint density at radius 3 is 2.77 bits per heavy atom. The minimum absolute atomic E-state index is 0.0788. The molecule has 3 saturated carbocycles. The Kier molecular flexibility index (Phi) is 5.28. The third-order valence-electron chi connectivity index (χ3n) is 10.8. The van der Waals surface area contributed by atoms with Crippen LogP contribution in [-0.4, -0.2) is 53.5 Å². The highest BCUT2D eigenvalue weighted by molar-refractivity contribution is 6.16. The van der Waals surface area contributed by atoms with Crippen LogP contribution in [0.25, 0.3) is 10.9 Å². The van der Waals surface area contributed by atoms with Crippen LogP contribution in [0.5, 0.6) is 0 Å². The molecular formula is C31H34N2O7. The number of cyclic esters (lactones) is 1. The average molecular weight is 547 g/mol. The summed E-state index contributed by atoms with van der Waals surface area (Å²) in [6.07, 6.45) is 2.71. The molecule has 2 spiro atoms. The number of nitrogens with two attached hydrogens (primary N) is 1. The molecule has 5 aliphatic rings. The number of nitrogens with one attached hydrogen (secondary N) is 1. The van der Waals surface area contributed by atoms with Gasteiger partial charge in [-0.2, -0.15) is 0 Å². The van der Waals surface area contributed by atoms with E-state index < -0.39 is 70.0 Å².